The third kappa shape index (κ3) is 2.37. The third-order valence-electron chi connectivity index (χ3n) is 5.61. The Morgan fingerprint density at radius 3 is 2.71 bits per heavy atom. The molecule has 1 aromatic heterocycles. The molecule has 4 nitrogen and oxygen atoms in total. The van der Waals surface area contributed by atoms with Gasteiger partial charge in [-0.3, -0.25) is 4.79 Å². The van der Waals surface area contributed by atoms with Crippen LogP contribution in [-0.4, -0.2) is 28.9 Å². The van der Waals surface area contributed by atoms with E-state index in [2.05, 4.69) is 29.2 Å². The summed E-state index contributed by atoms with van der Waals surface area (Å²) in [4.78, 5) is 18.8. The molecule has 24 heavy (non-hydrogen) atoms. The van der Waals surface area contributed by atoms with Gasteiger partial charge in [0.15, 0.2) is 0 Å². The second-order valence-electron chi connectivity index (χ2n) is 6.91. The van der Waals surface area contributed by atoms with Gasteiger partial charge in [0.05, 0.1) is 0 Å². The molecule has 120 valence electrons. The number of hydrogen-bond acceptors (Lipinski definition) is 3. The molecule has 0 radical (unpaired) electrons. The maximum Gasteiger partial charge on any atom is 0.254 e. The third-order valence-corrected chi connectivity index (χ3v) is 5.61. The van der Waals surface area contributed by atoms with Crippen molar-refractivity contribution in [1.82, 2.24) is 9.88 Å². The van der Waals surface area contributed by atoms with E-state index in [4.69, 9.17) is 5.26 Å². The molecule has 1 spiro atoms. The van der Waals surface area contributed by atoms with E-state index in [1.165, 1.54) is 31.0 Å². The van der Waals surface area contributed by atoms with Crippen molar-refractivity contribution < 1.29 is 4.79 Å². The highest BCUT2D eigenvalue weighted by Crippen LogP contribution is 2.55. The molecule has 1 atom stereocenters. The molecule has 1 aliphatic carbocycles. The maximum atomic E-state index is 12.9. The van der Waals surface area contributed by atoms with Crippen molar-refractivity contribution in [2.45, 2.75) is 25.2 Å². The molecule has 1 aliphatic heterocycles. The number of hydrogen-bond donors (Lipinski definition) is 0. The van der Waals surface area contributed by atoms with Crippen LogP contribution in [0.15, 0.2) is 48.7 Å². The van der Waals surface area contributed by atoms with E-state index in [-0.39, 0.29) is 17.0 Å². The molecule has 0 N–H and O–H groups in total. The van der Waals surface area contributed by atoms with Crippen LogP contribution in [0.25, 0.3) is 0 Å². The van der Waals surface area contributed by atoms with Crippen LogP contribution in [0.1, 0.15) is 46.8 Å². The summed E-state index contributed by atoms with van der Waals surface area (Å²) in [5.41, 5.74) is 2.42. The van der Waals surface area contributed by atoms with Gasteiger partial charge in [0.2, 0.25) is 0 Å². The fourth-order valence-electron chi connectivity index (χ4n) is 4.21. The van der Waals surface area contributed by atoms with Crippen LogP contribution in [0, 0.1) is 16.7 Å². The smallest absolute Gasteiger partial charge is 0.254 e. The van der Waals surface area contributed by atoms with Gasteiger partial charge in [0.1, 0.15) is 11.8 Å². The summed E-state index contributed by atoms with van der Waals surface area (Å²) in [5.74, 6) is 0.423. The fourth-order valence-corrected chi connectivity index (χ4v) is 4.21. The molecule has 1 amide bonds. The minimum Gasteiger partial charge on any atom is -0.337 e. The summed E-state index contributed by atoms with van der Waals surface area (Å²) in [6.45, 7) is 1.57. The number of nitriles is 1. The number of benzene rings is 1. The second kappa shape index (κ2) is 5.76. The first-order chi connectivity index (χ1) is 11.7. The van der Waals surface area contributed by atoms with Crippen molar-refractivity contribution >= 4 is 5.91 Å². The Morgan fingerprint density at radius 2 is 2.04 bits per heavy atom. The lowest BCUT2D eigenvalue weighted by Crippen LogP contribution is -2.37. The van der Waals surface area contributed by atoms with Crippen molar-refractivity contribution in [1.29, 1.82) is 5.26 Å². The Hall–Kier alpha value is -2.67. The number of pyridine rings is 1. The minimum atomic E-state index is 0.0126. The molecule has 4 heteroatoms. The molecule has 1 aromatic carbocycles. The molecular formula is C20H19N3O. The topological polar surface area (TPSA) is 57.0 Å². The van der Waals surface area contributed by atoms with E-state index >= 15 is 0 Å². The molecule has 1 unspecified atom stereocenters. The van der Waals surface area contributed by atoms with E-state index in [1.807, 2.05) is 17.0 Å². The number of aromatic nitrogens is 1. The van der Waals surface area contributed by atoms with Gasteiger partial charge in [0, 0.05) is 30.8 Å². The van der Waals surface area contributed by atoms with Crippen LogP contribution in [0.4, 0.5) is 0 Å². The minimum absolute atomic E-state index is 0.0126. The zero-order valence-electron chi connectivity index (χ0n) is 13.5. The highest BCUT2D eigenvalue weighted by molar-refractivity contribution is 5.94. The average molecular weight is 317 g/mol. The predicted molar refractivity (Wildman–Crippen MR) is 90.3 cm³/mol. The van der Waals surface area contributed by atoms with Crippen LogP contribution in [-0.2, 0) is 0 Å². The molecular weight excluding hydrogens is 298 g/mol. The van der Waals surface area contributed by atoms with E-state index in [9.17, 15) is 4.79 Å². The summed E-state index contributed by atoms with van der Waals surface area (Å²) in [7, 11) is 0. The summed E-state index contributed by atoms with van der Waals surface area (Å²) in [6, 6.07) is 15.8. The first-order valence-corrected chi connectivity index (χ1v) is 8.42. The van der Waals surface area contributed by atoms with Gasteiger partial charge in [-0.05, 0) is 36.0 Å². The SMILES string of the molecule is N#Cc1cc(C(=O)N2CC(c3ccccc3)C3(CCC3)C2)ccn1. The van der Waals surface area contributed by atoms with Crippen LogP contribution >= 0.6 is 0 Å². The first kappa shape index (κ1) is 14.9. The van der Waals surface area contributed by atoms with Gasteiger partial charge in [0.25, 0.3) is 5.91 Å². The van der Waals surface area contributed by atoms with Crippen molar-refractivity contribution in [2.75, 3.05) is 13.1 Å². The summed E-state index contributed by atoms with van der Waals surface area (Å²) >= 11 is 0. The Kier molecular flexibility index (Phi) is 3.57. The largest absolute Gasteiger partial charge is 0.337 e. The number of carbonyl (C=O) groups excluding carboxylic acids is 1. The van der Waals surface area contributed by atoms with Gasteiger partial charge < -0.3 is 4.90 Å². The number of amides is 1. The lowest BCUT2D eigenvalue weighted by molar-refractivity contribution is 0.0725. The van der Waals surface area contributed by atoms with Gasteiger partial charge in [-0.25, -0.2) is 4.98 Å². The normalized spacial score (nSPS) is 21.3. The lowest BCUT2D eigenvalue weighted by Gasteiger charge is -2.43. The standard InChI is InChI=1S/C20H19N3O/c21-12-17-11-16(7-10-22-17)19(24)23-13-18(15-5-2-1-3-6-15)20(14-23)8-4-9-20/h1-3,5-7,10-11,18H,4,8-9,13-14H2. The summed E-state index contributed by atoms with van der Waals surface area (Å²) in [5, 5.41) is 8.99. The molecule has 2 fully saturated rings. The fraction of sp³-hybridized carbons (Fsp3) is 0.350. The van der Waals surface area contributed by atoms with Crippen LogP contribution < -0.4 is 0 Å². The quantitative estimate of drug-likeness (QED) is 0.853. The van der Waals surface area contributed by atoms with E-state index in [0.29, 0.717) is 11.5 Å². The van der Waals surface area contributed by atoms with E-state index in [0.717, 1.165) is 13.1 Å². The highest BCUT2D eigenvalue weighted by atomic mass is 16.2. The van der Waals surface area contributed by atoms with Crippen molar-refractivity contribution in [3.05, 3.63) is 65.5 Å². The Morgan fingerprint density at radius 1 is 1.25 bits per heavy atom. The van der Waals surface area contributed by atoms with Crippen LogP contribution in [0.5, 0.6) is 0 Å². The van der Waals surface area contributed by atoms with E-state index < -0.39 is 0 Å². The van der Waals surface area contributed by atoms with Gasteiger partial charge in [-0.1, -0.05) is 36.8 Å². The summed E-state index contributed by atoms with van der Waals surface area (Å²) in [6.07, 6.45) is 5.17. The van der Waals surface area contributed by atoms with Gasteiger partial charge >= 0.3 is 0 Å². The molecule has 0 bridgehead atoms. The number of likely N-dealkylation sites (tertiary alicyclic amines) is 1. The summed E-state index contributed by atoms with van der Waals surface area (Å²) < 4.78 is 0. The van der Waals surface area contributed by atoms with Crippen molar-refractivity contribution in [3.8, 4) is 6.07 Å². The second-order valence-corrected chi connectivity index (χ2v) is 6.91. The highest BCUT2D eigenvalue weighted by Gasteiger charge is 2.51. The van der Waals surface area contributed by atoms with Crippen molar-refractivity contribution in [2.24, 2.45) is 5.41 Å². The van der Waals surface area contributed by atoms with Crippen molar-refractivity contribution in [3.63, 3.8) is 0 Å². The molecule has 1 saturated heterocycles. The molecule has 2 aromatic rings. The first-order valence-electron chi connectivity index (χ1n) is 8.42. The number of carbonyl (C=O) groups is 1. The zero-order valence-corrected chi connectivity index (χ0v) is 13.5. The van der Waals surface area contributed by atoms with E-state index in [1.54, 1.807) is 12.1 Å². The molecule has 2 heterocycles. The number of rotatable bonds is 2. The predicted octanol–water partition coefficient (Wildman–Crippen LogP) is 3.36. The van der Waals surface area contributed by atoms with Gasteiger partial charge in [-0.2, -0.15) is 5.26 Å². The Bertz CT molecular complexity index is 805. The average Bonchev–Trinajstić information content (AvgIpc) is 3.03. The molecule has 2 aliphatic rings. The Balaban J connectivity index is 1.61. The number of nitrogens with zero attached hydrogens (tertiary/aromatic N) is 3. The molecule has 1 saturated carbocycles. The zero-order chi connectivity index (χ0) is 16.6. The van der Waals surface area contributed by atoms with Crippen LogP contribution in [0.2, 0.25) is 0 Å². The maximum absolute atomic E-state index is 12.9. The van der Waals surface area contributed by atoms with Gasteiger partial charge in [-0.15, -0.1) is 0 Å². The monoisotopic (exact) mass is 317 g/mol. The Labute approximate surface area is 141 Å². The van der Waals surface area contributed by atoms with Crippen LogP contribution in [0.3, 0.4) is 0 Å². The molecule has 4 rings (SSSR count). The lowest BCUT2D eigenvalue weighted by atomic mass is 9.61.